The van der Waals surface area contributed by atoms with Crippen molar-refractivity contribution in [2.75, 3.05) is 13.2 Å². The van der Waals surface area contributed by atoms with Gasteiger partial charge in [0.15, 0.2) is 0 Å². The molecule has 14 heavy (non-hydrogen) atoms. The van der Waals surface area contributed by atoms with Gasteiger partial charge in [-0.1, -0.05) is 6.92 Å². The molecule has 2 fully saturated rings. The minimum absolute atomic E-state index is 0.715. The molecule has 2 rings (SSSR count). The summed E-state index contributed by atoms with van der Waals surface area (Å²) < 4.78 is 5.59. The van der Waals surface area contributed by atoms with Crippen LogP contribution in [-0.2, 0) is 4.74 Å². The number of ether oxygens (including phenoxy) is 1. The van der Waals surface area contributed by atoms with Crippen molar-refractivity contribution in [3.8, 4) is 0 Å². The molecule has 4 unspecified atom stereocenters. The Hall–Kier alpha value is -0.0800. The van der Waals surface area contributed by atoms with Gasteiger partial charge in [-0.15, -0.1) is 0 Å². The summed E-state index contributed by atoms with van der Waals surface area (Å²) in [6.07, 6.45) is 5.28. The van der Waals surface area contributed by atoms with Gasteiger partial charge in [-0.05, 0) is 44.4 Å². The zero-order valence-corrected chi connectivity index (χ0v) is 9.46. The Morgan fingerprint density at radius 2 is 2.29 bits per heavy atom. The van der Waals surface area contributed by atoms with Crippen LogP contribution in [0.2, 0.25) is 0 Å². The molecule has 82 valence electrons. The van der Waals surface area contributed by atoms with E-state index in [4.69, 9.17) is 4.74 Å². The van der Waals surface area contributed by atoms with Crippen LogP contribution in [0.15, 0.2) is 0 Å². The molecule has 1 N–H and O–H groups in total. The number of hydrogen-bond acceptors (Lipinski definition) is 2. The van der Waals surface area contributed by atoms with Crippen LogP contribution in [0.4, 0.5) is 0 Å². The quantitative estimate of drug-likeness (QED) is 0.732. The first-order chi connectivity index (χ1) is 6.81. The fraction of sp³-hybridized carbons (Fsp3) is 1.00. The highest BCUT2D eigenvalue weighted by Gasteiger charge is 2.36. The first-order valence-corrected chi connectivity index (χ1v) is 6.15. The van der Waals surface area contributed by atoms with E-state index in [0.717, 1.165) is 31.1 Å². The highest BCUT2D eigenvalue weighted by Crippen LogP contribution is 2.33. The van der Waals surface area contributed by atoms with Gasteiger partial charge >= 0.3 is 0 Å². The van der Waals surface area contributed by atoms with Crippen molar-refractivity contribution in [2.24, 2.45) is 11.8 Å². The molecule has 0 radical (unpaired) electrons. The van der Waals surface area contributed by atoms with Gasteiger partial charge in [-0.3, -0.25) is 0 Å². The molecule has 2 heteroatoms. The van der Waals surface area contributed by atoms with Crippen molar-refractivity contribution in [3.63, 3.8) is 0 Å². The summed E-state index contributed by atoms with van der Waals surface area (Å²) in [7, 11) is 0. The zero-order chi connectivity index (χ0) is 9.97. The van der Waals surface area contributed by atoms with E-state index in [1.807, 2.05) is 0 Å². The van der Waals surface area contributed by atoms with Gasteiger partial charge < -0.3 is 10.1 Å². The summed E-state index contributed by atoms with van der Waals surface area (Å²) in [5, 5.41) is 3.70. The Bertz CT molecular complexity index is 177. The van der Waals surface area contributed by atoms with E-state index in [-0.39, 0.29) is 0 Å². The van der Waals surface area contributed by atoms with Gasteiger partial charge in [0, 0.05) is 25.3 Å². The summed E-state index contributed by atoms with van der Waals surface area (Å²) in [4.78, 5) is 0. The summed E-state index contributed by atoms with van der Waals surface area (Å²) in [5.74, 6) is 1.70. The van der Waals surface area contributed by atoms with E-state index in [1.54, 1.807) is 0 Å². The maximum absolute atomic E-state index is 5.59. The molecule has 4 atom stereocenters. The second-order valence-electron chi connectivity index (χ2n) is 4.96. The molecule has 2 aliphatic rings. The average molecular weight is 197 g/mol. The maximum atomic E-state index is 5.59. The zero-order valence-electron chi connectivity index (χ0n) is 9.46. The first-order valence-electron chi connectivity index (χ1n) is 6.15. The predicted molar refractivity (Wildman–Crippen MR) is 58.3 cm³/mol. The second-order valence-corrected chi connectivity index (χ2v) is 4.96. The third-order valence-electron chi connectivity index (χ3n) is 3.88. The van der Waals surface area contributed by atoms with Crippen molar-refractivity contribution >= 4 is 0 Å². The van der Waals surface area contributed by atoms with Crippen LogP contribution in [-0.4, -0.2) is 25.3 Å². The standard InChI is InChI=1S/C12H23NO/c1-3-12-11(7-9(2)13-12)10-5-4-6-14-8-10/h9-13H,3-8H2,1-2H3. The highest BCUT2D eigenvalue weighted by molar-refractivity contribution is 4.91. The molecule has 2 saturated heterocycles. The molecule has 0 spiro atoms. The van der Waals surface area contributed by atoms with E-state index < -0.39 is 0 Å². The van der Waals surface area contributed by atoms with Gasteiger partial charge in [0.2, 0.25) is 0 Å². The van der Waals surface area contributed by atoms with Crippen LogP contribution < -0.4 is 5.32 Å². The number of rotatable bonds is 2. The Labute approximate surface area is 87.4 Å². The minimum Gasteiger partial charge on any atom is -0.381 e. The van der Waals surface area contributed by atoms with Gasteiger partial charge in [0.25, 0.3) is 0 Å². The lowest BCUT2D eigenvalue weighted by molar-refractivity contribution is 0.0274. The van der Waals surface area contributed by atoms with Crippen molar-refractivity contribution in [3.05, 3.63) is 0 Å². The summed E-state index contributed by atoms with van der Waals surface area (Å²) in [5.41, 5.74) is 0. The molecule has 0 aliphatic carbocycles. The molecule has 0 aromatic carbocycles. The normalized spacial score (nSPS) is 44.1. The van der Waals surface area contributed by atoms with Gasteiger partial charge in [0.05, 0.1) is 0 Å². The lowest BCUT2D eigenvalue weighted by Crippen LogP contribution is -2.35. The van der Waals surface area contributed by atoms with Crippen LogP contribution in [0.5, 0.6) is 0 Å². The Kier molecular flexibility index (Phi) is 3.45. The van der Waals surface area contributed by atoms with Crippen LogP contribution in [0.3, 0.4) is 0 Å². The van der Waals surface area contributed by atoms with Crippen molar-refractivity contribution in [1.29, 1.82) is 0 Å². The van der Waals surface area contributed by atoms with Crippen LogP contribution in [0.1, 0.15) is 39.5 Å². The van der Waals surface area contributed by atoms with Gasteiger partial charge in [-0.2, -0.15) is 0 Å². The van der Waals surface area contributed by atoms with E-state index in [1.165, 1.54) is 25.7 Å². The summed E-state index contributed by atoms with van der Waals surface area (Å²) in [6.45, 7) is 6.61. The molecule has 2 aliphatic heterocycles. The number of hydrogen-bond donors (Lipinski definition) is 1. The molecule has 0 aromatic rings. The molecular formula is C12H23NO. The Morgan fingerprint density at radius 1 is 1.43 bits per heavy atom. The van der Waals surface area contributed by atoms with Crippen molar-refractivity contribution < 1.29 is 4.74 Å². The molecule has 2 heterocycles. The van der Waals surface area contributed by atoms with E-state index >= 15 is 0 Å². The van der Waals surface area contributed by atoms with Crippen LogP contribution in [0, 0.1) is 11.8 Å². The maximum Gasteiger partial charge on any atom is 0.0497 e. The van der Waals surface area contributed by atoms with Gasteiger partial charge in [0.1, 0.15) is 0 Å². The Morgan fingerprint density at radius 3 is 2.93 bits per heavy atom. The molecule has 2 nitrogen and oxygen atoms in total. The molecule has 0 bridgehead atoms. The monoisotopic (exact) mass is 197 g/mol. The highest BCUT2D eigenvalue weighted by atomic mass is 16.5. The fourth-order valence-corrected chi connectivity index (χ4v) is 3.17. The first kappa shape index (κ1) is 10.4. The smallest absolute Gasteiger partial charge is 0.0497 e. The molecule has 0 amide bonds. The third-order valence-corrected chi connectivity index (χ3v) is 3.88. The third kappa shape index (κ3) is 2.12. The van der Waals surface area contributed by atoms with E-state index in [9.17, 15) is 0 Å². The predicted octanol–water partition coefficient (Wildman–Crippen LogP) is 2.19. The van der Waals surface area contributed by atoms with Crippen LogP contribution in [0.25, 0.3) is 0 Å². The second kappa shape index (κ2) is 4.63. The number of nitrogens with one attached hydrogen (secondary N) is 1. The Balaban J connectivity index is 1.94. The average Bonchev–Trinajstić information content (AvgIpc) is 2.61. The van der Waals surface area contributed by atoms with Gasteiger partial charge in [-0.25, -0.2) is 0 Å². The SMILES string of the molecule is CCC1NC(C)CC1C1CCCOC1. The van der Waals surface area contributed by atoms with Crippen molar-refractivity contribution in [2.45, 2.75) is 51.6 Å². The lowest BCUT2D eigenvalue weighted by Gasteiger charge is -2.30. The van der Waals surface area contributed by atoms with Crippen molar-refractivity contribution in [1.82, 2.24) is 5.32 Å². The van der Waals surface area contributed by atoms with Crippen LogP contribution >= 0.6 is 0 Å². The molecular weight excluding hydrogens is 174 g/mol. The lowest BCUT2D eigenvalue weighted by atomic mass is 9.81. The fourth-order valence-electron chi connectivity index (χ4n) is 3.17. The topological polar surface area (TPSA) is 21.3 Å². The summed E-state index contributed by atoms with van der Waals surface area (Å²) >= 11 is 0. The van der Waals surface area contributed by atoms with E-state index in [0.29, 0.717) is 6.04 Å². The summed E-state index contributed by atoms with van der Waals surface area (Å²) in [6, 6.07) is 1.46. The molecule has 0 saturated carbocycles. The minimum atomic E-state index is 0.715. The largest absolute Gasteiger partial charge is 0.381 e. The van der Waals surface area contributed by atoms with E-state index in [2.05, 4.69) is 19.2 Å². The molecule has 0 aromatic heterocycles.